The molecule has 1 rings (SSSR count). The Hall–Kier alpha value is -2.94. The van der Waals surface area contributed by atoms with Crippen LogP contribution in [0.3, 0.4) is 0 Å². The molecule has 9 heteroatoms. The molecular formula is C19H28N2O7. The Balaban J connectivity index is 0.00000105. The second kappa shape index (κ2) is 12.4. The standard InChI is InChI=1S/C17H26N2O3.C2H2O4/c1-6-13(4)16(17(21)22-5)18-10-15(20)19-14-8-11(2)7-12(3)9-14;3-1(4)2(5)6/h7-9,13,16,18H,6,10H2,1-5H3,(H,19,20);(H,3,4)(H,5,6). The predicted molar refractivity (Wildman–Crippen MR) is 103 cm³/mol. The molecule has 0 bridgehead atoms. The number of ether oxygens (including phenoxy) is 1. The molecule has 0 spiro atoms. The number of aryl methyl sites for hydroxylation is 2. The zero-order valence-corrected chi connectivity index (χ0v) is 16.7. The first-order valence-corrected chi connectivity index (χ1v) is 8.67. The smallest absolute Gasteiger partial charge is 0.414 e. The number of esters is 1. The molecule has 0 saturated heterocycles. The topological polar surface area (TPSA) is 142 Å². The zero-order valence-electron chi connectivity index (χ0n) is 16.7. The fourth-order valence-corrected chi connectivity index (χ4v) is 2.33. The van der Waals surface area contributed by atoms with Crippen LogP contribution in [0, 0.1) is 19.8 Å². The lowest BCUT2D eigenvalue weighted by atomic mass is 9.99. The van der Waals surface area contributed by atoms with Crippen LogP contribution in [0.5, 0.6) is 0 Å². The van der Waals surface area contributed by atoms with Crippen LogP contribution < -0.4 is 10.6 Å². The highest BCUT2D eigenvalue weighted by molar-refractivity contribution is 6.27. The SMILES string of the molecule is CCC(C)C(NCC(=O)Nc1cc(C)cc(C)c1)C(=O)OC.O=C(O)C(=O)O. The van der Waals surface area contributed by atoms with Gasteiger partial charge in [0.15, 0.2) is 0 Å². The summed E-state index contributed by atoms with van der Waals surface area (Å²) >= 11 is 0. The van der Waals surface area contributed by atoms with Gasteiger partial charge < -0.3 is 20.3 Å². The van der Waals surface area contributed by atoms with Crippen molar-refractivity contribution in [2.45, 2.75) is 40.2 Å². The zero-order chi connectivity index (χ0) is 21.9. The Morgan fingerprint density at radius 3 is 1.93 bits per heavy atom. The molecule has 28 heavy (non-hydrogen) atoms. The van der Waals surface area contributed by atoms with Gasteiger partial charge in [0.1, 0.15) is 6.04 Å². The van der Waals surface area contributed by atoms with E-state index >= 15 is 0 Å². The number of aliphatic carboxylic acids is 2. The summed E-state index contributed by atoms with van der Waals surface area (Å²) in [5.41, 5.74) is 2.95. The van der Waals surface area contributed by atoms with Crippen LogP contribution in [0.15, 0.2) is 18.2 Å². The number of hydrogen-bond acceptors (Lipinski definition) is 6. The van der Waals surface area contributed by atoms with E-state index in [1.165, 1.54) is 7.11 Å². The molecule has 0 radical (unpaired) electrons. The molecule has 2 atom stereocenters. The van der Waals surface area contributed by atoms with E-state index in [2.05, 4.69) is 10.6 Å². The summed E-state index contributed by atoms with van der Waals surface area (Å²) in [5.74, 6) is -4.07. The summed E-state index contributed by atoms with van der Waals surface area (Å²) in [6.07, 6.45) is 0.825. The number of amides is 1. The van der Waals surface area contributed by atoms with Crippen molar-refractivity contribution in [1.82, 2.24) is 5.32 Å². The van der Waals surface area contributed by atoms with Crippen LogP contribution >= 0.6 is 0 Å². The number of carboxylic acid groups (broad SMARTS) is 2. The summed E-state index contributed by atoms with van der Waals surface area (Å²) in [6, 6.07) is 5.40. The van der Waals surface area contributed by atoms with E-state index in [1.807, 2.05) is 45.9 Å². The Kier molecular flexibility index (Phi) is 11.1. The maximum absolute atomic E-state index is 12.0. The molecule has 0 aromatic heterocycles. The molecule has 0 aliphatic rings. The quantitative estimate of drug-likeness (QED) is 0.402. The van der Waals surface area contributed by atoms with Gasteiger partial charge in [-0.15, -0.1) is 0 Å². The maximum Gasteiger partial charge on any atom is 0.414 e. The highest BCUT2D eigenvalue weighted by Gasteiger charge is 2.24. The molecule has 9 nitrogen and oxygen atoms in total. The van der Waals surface area contributed by atoms with Crippen molar-refractivity contribution in [3.8, 4) is 0 Å². The van der Waals surface area contributed by atoms with Gasteiger partial charge in [0.2, 0.25) is 5.91 Å². The molecule has 1 aromatic rings. The van der Waals surface area contributed by atoms with Gasteiger partial charge in [-0.2, -0.15) is 0 Å². The molecule has 0 saturated carbocycles. The van der Waals surface area contributed by atoms with E-state index in [4.69, 9.17) is 24.5 Å². The Bertz CT molecular complexity index is 671. The normalized spacial score (nSPS) is 12.0. The number of carbonyl (C=O) groups is 4. The van der Waals surface area contributed by atoms with Gasteiger partial charge in [-0.05, 0) is 43.0 Å². The first-order valence-electron chi connectivity index (χ1n) is 8.67. The lowest BCUT2D eigenvalue weighted by molar-refractivity contribution is -0.159. The van der Waals surface area contributed by atoms with Crippen LogP contribution in [0.4, 0.5) is 5.69 Å². The summed E-state index contributed by atoms with van der Waals surface area (Å²) in [7, 11) is 1.36. The Morgan fingerprint density at radius 2 is 1.54 bits per heavy atom. The van der Waals surface area contributed by atoms with Crippen molar-refractivity contribution in [3.63, 3.8) is 0 Å². The number of carbonyl (C=O) groups excluding carboxylic acids is 2. The van der Waals surface area contributed by atoms with Crippen molar-refractivity contribution in [3.05, 3.63) is 29.3 Å². The van der Waals surface area contributed by atoms with Crippen LogP contribution in [0.1, 0.15) is 31.4 Å². The predicted octanol–water partition coefficient (Wildman–Crippen LogP) is 1.57. The van der Waals surface area contributed by atoms with Crippen LogP contribution in [0.2, 0.25) is 0 Å². The third kappa shape index (κ3) is 9.67. The van der Waals surface area contributed by atoms with E-state index in [0.29, 0.717) is 0 Å². The summed E-state index contributed by atoms with van der Waals surface area (Å²) in [4.78, 5) is 42.0. The minimum Gasteiger partial charge on any atom is -0.473 e. The summed E-state index contributed by atoms with van der Waals surface area (Å²) in [6.45, 7) is 7.99. The number of nitrogens with one attached hydrogen (secondary N) is 2. The Morgan fingerprint density at radius 1 is 1.04 bits per heavy atom. The molecule has 0 heterocycles. The van der Waals surface area contributed by atoms with Crippen molar-refractivity contribution in [1.29, 1.82) is 0 Å². The highest BCUT2D eigenvalue weighted by Crippen LogP contribution is 2.14. The summed E-state index contributed by atoms with van der Waals surface area (Å²) in [5, 5.41) is 20.6. The third-order valence-electron chi connectivity index (χ3n) is 3.84. The van der Waals surface area contributed by atoms with E-state index in [0.717, 1.165) is 23.2 Å². The fraction of sp³-hybridized carbons (Fsp3) is 0.474. The molecule has 0 aliphatic carbocycles. The second-order valence-corrected chi connectivity index (χ2v) is 6.30. The minimum absolute atomic E-state index is 0.0666. The fourth-order valence-electron chi connectivity index (χ4n) is 2.33. The largest absolute Gasteiger partial charge is 0.473 e. The molecule has 1 aromatic carbocycles. The molecule has 2 unspecified atom stereocenters. The molecule has 1 amide bonds. The van der Waals surface area contributed by atoms with E-state index in [-0.39, 0.29) is 24.3 Å². The number of anilines is 1. The molecule has 4 N–H and O–H groups in total. The number of carboxylic acids is 2. The maximum atomic E-state index is 12.0. The van der Waals surface area contributed by atoms with E-state index < -0.39 is 18.0 Å². The number of hydrogen-bond donors (Lipinski definition) is 4. The third-order valence-corrected chi connectivity index (χ3v) is 3.84. The number of methoxy groups -OCH3 is 1. The van der Waals surface area contributed by atoms with Crippen molar-refractivity contribution >= 4 is 29.5 Å². The van der Waals surface area contributed by atoms with Gasteiger partial charge in [-0.1, -0.05) is 26.3 Å². The van der Waals surface area contributed by atoms with E-state index in [9.17, 15) is 9.59 Å². The highest BCUT2D eigenvalue weighted by atomic mass is 16.5. The van der Waals surface area contributed by atoms with Gasteiger partial charge in [0.05, 0.1) is 13.7 Å². The first-order chi connectivity index (χ1) is 13.0. The van der Waals surface area contributed by atoms with Crippen LogP contribution in [0.25, 0.3) is 0 Å². The lowest BCUT2D eigenvalue weighted by Crippen LogP contribution is -2.45. The summed E-state index contributed by atoms with van der Waals surface area (Å²) < 4.78 is 4.78. The first kappa shape index (κ1) is 25.1. The average Bonchev–Trinajstić information content (AvgIpc) is 2.60. The van der Waals surface area contributed by atoms with Crippen LogP contribution in [-0.4, -0.2) is 53.7 Å². The van der Waals surface area contributed by atoms with Crippen molar-refractivity contribution in [2.24, 2.45) is 5.92 Å². The Labute approximate surface area is 164 Å². The van der Waals surface area contributed by atoms with E-state index in [1.54, 1.807) is 0 Å². The van der Waals surface area contributed by atoms with Crippen molar-refractivity contribution in [2.75, 3.05) is 19.0 Å². The van der Waals surface area contributed by atoms with Gasteiger partial charge in [-0.3, -0.25) is 14.9 Å². The van der Waals surface area contributed by atoms with Crippen LogP contribution in [-0.2, 0) is 23.9 Å². The van der Waals surface area contributed by atoms with Gasteiger partial charge in [0, 0.05) is 5.69 Å². The van der Waals surface area contributed by atoms with Crippen molar-refractivity contribution < 1.29 is 34.1 Å². The minimum atomic E-state index is -1.82. The van der Waals surface area contributed by atoms with Gasteiger partial charge in [-0.25, -0.2) is 9.59 Å². The second-order valence-electron chi connectivity index (χ2n) is 6.30. The van der Waals surface area contributed by atoms with Gasteiger partial charge >= 0.3 is 17.9 Å². The van der Waals surface area contributed by atoms with Gasteiger partial charge in [0.25, 0.3) is 0 Å². The lowest BCUT2D eigenvalue weighted by Gasteiger charge is -2.21. The molecule has 0 aliphatic heterocycles. The molecule has 0 fully saturated rings. The molecule has 156 valence electrons. The number of rotatable bonds is 7. The number of benzene rings is 1. The molecular weight excluding hydrogens is 368 g/mol. The average molecular weight is 396 g/mol. The monoisotopic (exact) mass is 396 g/mol.